The van der Waals surface area contributed by atoms with Gasteiger partial charge in [0.2, 0.25) is 12.6 Å². The van der Waals surface area contributed by atoms with Crippen LogP contribution in [0.2, 0.25) is 0 Å². The lowest BCUT2D eigenvalue weighted by Crippen LogP contribution is -2.67. The van der Waals surface area contributed by atoms with E-state index in [4.69, 9.17) is 18.9 Å². The third kappa shape index (κ3) is 6.09. The number of carboxylic acids is 3. The molecule has 1 saturated heterocycles. The second kappa shape index (κ2) is 14.0. The number of carboxylic acid groups (broad SMARTS) is 3. The van der Waals surface area contributed by atoms with Crippen LogP contribution in [-0.4, -0.2) is 115 Å². The molecule has 0 spiro atoms. The summed E-state index contributed by atoms with van der Waals surface area (Å²) in [4.78, 5) is 51.1. The van der Waals surface area contributed by atoms with Crippen LogP contribution < -0.4 is 5.11 Å². The fraction of sp³-hybridized carbons (Fsp3) is 0.810. The molecule has 0 aromatic rings. The van der Waals surface area contributed by atoms with Crippen LogP contribution in [0.15, 0.2) is 23.2 Å². The lowest BCUT2D eigenvalue weighted by molar-refractivity contribution is -0.321. The summed E-state index contributed by atoms with van der Waals surface area (Å²) in [5.74, 6) is -6.64. The number of aliphatic carboxylic acids is 3. The Bertz CT molecular complexity index is 1810. The SMILES string of the molecule is CC1(C)C2CC[C@]3(C)C(C(=O)C=C4C5C[C@@](C)(C(=O)[O-])CC[C@]5(C)CC[C@]43C)[C@@]2(C)CC[C@@H]1O[C@H]1O[C@H](C(=O)O)[C@@H](O)C(O)=C1O[C@@H]1O[C@H](C(=O)O)[C@@H](O)[C@H](O)[C@H]1O. The van der Waals surface area contributed by atoms with Crippen LogP contribution in [0, 0.1) is 50.2 Å². The van der Waals surface area contributed by atoms with E-state index in [1.165, 1.54) is 0 Å². The van der Waals surface area contributed by atoms with E-state index in [9.17, 15) is 60.0 Å². The zero-order chi connectivity index (χ0) is 42.9. The summed E-state index contributed by atoms with van der Waals surface area (Å²) in [6, 6.07) is 0. The standard InChI is InChI=1S/C42H60O16/c1-37(2)21-8-11-42(7)31(20(43)16-18-19-17-39(4,36(53)54)13-12-38(19,3)14-15-41(18,42)6)40(21,5)10-9-22(37)55-35-30(26(47)25(46)29(57-35)33(51)52)58-34-27(48)23(44)24(45)28(56-34)32(49)50/h16,19,21-25,27-29,31,34-35,44-48H,8-15,17H2,1-7H3,(H,49,50)(H,51,52)(H,53,54)/p-1/t19?,21?,22-,23-,24-,25-,27+,28-,29-,31?,34-,35-,38+,39-,40-,41+,42+/m0/s1. The molecule has 58 heavy (non-hydrogen) atoms. The predicted molar refractivity (Wildman–Crippen MR) is 197 cm³/mol. The van der Waals surface area contributed by atoms with Crippen LogP contribution in [0.3, 0.4) is 0 Å². The highest BCUT2D eigenvalue weighted by atomic mass is 16.8. The molecule has 0 amide bonds. The number of hydrogen-bond acceptors (Lipinski definition) is 14. The van der Waals surface area contributed by atoms with Gasteiger partial charge in [0.25, 0.3) is 0 Å². The van der Waals surface area contributed by atoms with Gasteiger partial charge >= 0.3 is 11.9 Å². The summed E-state index contributed by atoms with van der Waals surface area (Å²) < 4.78 is 23.1. The molecule has 17 atom stereocenters. The maximum Gasteiger partial charge on any atom is 0.336 e. The third-order valence-corrected chi connectivity index (χ3v) is 16.9. The Labute approximate surface area is 337 Å². The average Bonchev–Trinajstić information content (AvgIpc) is 3.13. The monoisotopic (exact) mass is 819 g/mol. The van der Waals surface area contributed by atoms with Crippen LogP contribution in [0.5, 0.6) is 0 Å². The van der Waals surface area contributed by atoms with Gasteiger partial charge in [-0.25, -0.2) is 9.59 Å². The number of hydrogen-bond donors (Lipinski definition) is 7. The van der Waals surface area contributed by atoms with Crippen molar-refractivity contribution in [2.24, 2.45) is 50.2 Å². The molecule has 7 aliphatic rings. The molecule has 0 radical (unpaired) electrons. The first-order chi connectivity index (χ1) is 26.8. The highest BCUT2D eigenvalue weighted by molar-refractivity contribution is 5.95. The number of rotatable bonds is 7. The minimum atomic E-state index is -2.17. The van der Waals surface area contributed by atoms with Gasteiger partial charge in [0, 0.05) is 17.3 Å². The summed E-state index contributed by atoms with van der Waals surface area (Å²) >= 11 is 0. The van der Waals surface area contributed by atoms with E-state index in [0.717, 1.165) is 24.8 Å². The number of aliphatic hydroxyl groups excluding tert-OH is 5. The first-order valence-electron chi connectivity index (χ1n) is 20.5. The van der Waals surface area contributed by atoms with Gasteiger partial charge in [0.1, 0.15) is 18.3 Å². The molecule has 5 aliphatic carbocycles. The van der Waals surface area contributed by atoms with Crippen molar-refractivity contribution >= 4 is 23.7 Å². The van der Waals surface area contributed by atoms with E-state index in [1.54, 1.807) is 6.92 Å². The number of ether oxygens (including phenoxy) is 4. The molecule has 7 N–H and O–H groups in total. The molecule has 5 fully saturated rings. The van der Waals surface area contributed by atoms with Gasteiger partial charge < -0.3 is 64.6 Å². The van der Waals surface area contributed by atoms with Crippen molar-refractivity contribution in [3.05, 3.63) is 23.2 Å². The molecular formula is C42H59O16-. The van der Waals surface area contributed by atoms with E-state index in [-0.39, 0.29) is 34.4 Å². The van der Waals surface area contributed by atoms with E-state index in [2.05, 4.69) is 27.7 Å². The molecule has 16 nitrogen and oxygen atoms in total. The van der Waals surface area contributed by atoms with Crippen LogP contribution in [0.1, 0.15) is 106 Å². The highest BCUT2D eigenvalue weighted by Gasteiger charge is 2.70. The van der Waals surface area contributed by atoms with Crippen LogP contribution in [0.4, 0.5) is 0 Å². The zero-order valence-corrected chi connectivity index (χ0v) is 34.2. The summed E-state index contributed by atoms with van der Waals surface area (Å²) in [5.41, 5.74) is -2.09. The molecular weight excluding hydrogens is 760 g/mol. The molecule has 0 aromatic heterocycles. The fourth-order valence-electron chi connectivity index (χ4n) is 13.1. The van der Waals surface area contributed by atoms with E-state index < -0.39 is 106 Å². The van der Waals surface area contributed by atoms with E-state index in [0.29, 0.717) is 38.5 Å². The van der Waals surface area contributed by atoms with Crippen molar-refractivity contribution in [3.63, 3.8) is 0 Å². The number of ketones is 1. The zero-order valence-electron chi connectivity index (χ0n) is 34.2. The number of aliphatic hydroxyl groups is 5. The molecule has 3 unspecified atom stereocenters. The maximum absolute atomic E-state index is 14.8. The van der Waals surface area contributed by atoms with E-state index >= 15 is 0 Å². The van der Waals surface area contributed by atoms with Crippen molar-refractivity contribution < 1.29 is 79.0 Å². The minimum absolute atomic E-state index is 0.0396. The van der Waals surface area contributed by atoms with Crippen LogP contribution >= 0.6 is 0 Å². The smallest absolute Gasteiger partial charge is 0.336 e. The van der Waals surface area contributed by atoms with Gasteiger partial charge in [0.05, 0.1) is 6.10 Å². The number of carbonyl (C=O) groups is 4. The Hall–Kier alpha value is -3.12. The molecule has 324 valence electrons. The Morgan fingerprint density at radius 1 is 0.810 bits per heavy atom. The minimum Gasteiger partial charge on any atom is -0.550 e. The first kappa shape index (κ1) is 43.0. The molecule has 0 bridgehead atoms. The Morgan fingerprint density at radius 3 is 2.07 bits per heavy atom. The quantitative estimate of drug-likeness (QED) is 0.193. The topological polar surface area (TPSA) is 270 Å². The normalized spacial score (nSPS) is 50.0. The predicted octanol–water partition coefficient (Wildman–Crippen LogP) is 1.95. The number of fused-ring (bicyclic) bond motifs is 7. The first-order valence-corrected chi connectivity index (χ1v) is 20.5. The largest absolute Gasteiger partial charge is 0.550 e. The van der Waals surface area contributed by atoms with E-state index in [1.807, 2.05) is 19.9 Å². The Morgan fingerprint density at radius 2 is 1.45 bits per heavy atom. The highest BCUT2D eigenvalue weighted by Crippen LogP contribution is 2.75. The lowest BCUT2D eigenvalue weighted by Gasteiger charge is -2.70. The van der Waals surface area contributed by atoms with Crippen molar-refractivity contribution in [1.82, 2.24) is 0 Å². The molecule has 4 saturated carbocycles. The maximum atomic E-state index is 14.8. The van der Waals surface area contributed by atoms with Crippen molar-refractivity contribution in [2.45, 2.75) is 162 Å². The molecule has 2 aliphatic heterocycles. The third-order valence-electron chi connectivity index (χ3n) is 16.9. The Balaban J connectivity index is 1.18. The van der Waals surface area contributed by atoms with Gasteiger partial charge in [-0.05, 0) is 103 Å². The summed E-state index contributed by atoms with van der Waals surface area (Å²) in [6.45, 7) is 14.7. The fourth-order valence-corrected chi connectivity index (χ4v) is 13.1. The van der Waals surface area contributed by atoms with Crippen LogP contribution in [-0.2, 0) is 38.1 Å². The average molecular weight is 820 g/mol. The van der Waals surface area contributed by atoms with Gasteiger partial charge in [0.15, 0.2) is 35.6 Å². The summed E-state index contributed by atoms with van der Waals surface area (Å²) in [7, 11) is 0. The van der Waals surface area contributed by atoms with Crippen molar-refractivity contribution in [2.75, 3.05) is 0 Å². The molecule has 2 heterocycles. The summed E-state index contributed by atoms with van der Waals surface area (Å²) in [6.07, 6.45) is -9.34. The Kier molecular flexibility index (Phi) is 10.3. The second-order valence-electron chi connectivity index (χ2n) is 20.3. The van der Waals surface area contributed by atoms with Gasteiger partial charge in [-0.1, -0.05) is 54.0 Å². The lowest BCUT2D eigenvalue weighted by atomic mass is 9.33. The van der Waals surface area contributed by atoms with Crippen molar-refractivity contribution in [1.29, 1.82) is 0 Å². The second-order valence-corrected chi connectivity index (χ2v) is 20.3. The number of carbonyl (C=O) groups excluding carboxylic acids is 2. The molecule has 16 heteroatoms. The van der Waals surface area contributed by atoms with Crippen molar-refractivity contribution in [3.8, 4) is 0 Å². The van der Waals surface area contributed by atoms with Gasteiger partial charge in [-0.2, -0.15) is 0 Å². The summed E-state index contributed by atoms with van der Waals surface area (Å²) in [5, 5.41) is 84.9. The molecule has 0 aromatic carbocycles. The number of allylic oxidation sites excluding steroid dienone is 2. The van der Waals surface area contributed by atoms with Gasteiger partial charge in [-0.3, -0.25) is 4.79 Å². The van der Waals surface area contributed by atoms with Crippen LogP contribution in [0.25, 0.3) is 0 Å². The van der Waals surface area contributed by atoms with Gasteiger partial charge in [-0.15, -0.1) is 0 Å². The molecule has 7 rings (SSSR count).